The van der Waals surface area contributed by atoms with Gasteiger partial charge in [0.05, 0.1) is 5.01 Å². The minimum absolute atomic E-state index is 0.202. The van der Waals surface area contributed by atoms with E-state index >= 15 is 0 Å². The van der Waals surface area contributed by atoms with E-state index in [2.05, 4.69) is 36.9 Å². The van der Waals surface area contributed by atoms with E-state index in [-0.39, 0.29) is 5.41 Å². The van der Waals surface area contributed by atoms with Crippen LogP contribution in [0.15, 0.2) is 6.20 Å². The van der Waals surface area contributed by atoms with Crippen LogP contribution < -0.4 is 0 Å². The molecular weight excluding hydrogens is 204 g/mol. The molecule has 1 saturated heterocycles. The van der Waals surface area contributed by atoms with Crippen molar-refractivity contribution < 1.29 is 0 Å². The zero-order valence-corrected chi connectivity index (χ0v) is 10.7. The van der Waals surface area contributed by atoms with Gasteiger partial charge >= 0.3 is 0 Å². The average Bonchev–Trinajstić information content (AvgIpc) is 2.73. The molecule has 15 heavy (non-hydrogen) atoms. The van der Waals surface area contributed by atoms with Gasteiger partial charge in [-0.3, -0.25) is 4.90 Å². The zero-order chi connectivity index (χ0) is 10.9. The molecule has 2 nitrogen and oxygen atoms in total. The summed E-state index contributed by atoms with van der Waals surface area (Å²) in [4.78, 5) is 8.47. The van der Waals surface area contributed by atoms with Gasteiger partial charge in [-0.2, -0.15) is 0 Å². The first kappa shape index (κ1) is 11.1. The van der Waals surface area contributed by atoms with E-state index in [1.54, 1.807) is 0 Å². The van der Waals surface area contributed by atoms with Gasteiger partial charge in [0.15, 0.2) is 0 Å². The van der Waals surface area contributed by atoms with Crippen molar-refractivity contribution in [2.24, 2.45) is 0 Å². The van der Waals surface area contributed by atoms with Crippen LogP contribution in [0.4, 0.5) is 0 Å². The van der Waals surface area contributed by atoms with Crippen LogP contribution in [0.3, 0.4) is 0 Å². The van der Waals surface area contributed by atoms with Crippen molar-refractivity contribution in [2.75, 3.05) is 13.1 Å². The second kappa shape index (κ2) is 4.22. The Kier molecular flexibility index (Phi) is 3.12. The Morgan fingerprint density at radius 2 is 2.00 bits per heavy atom. The van der Waals surface area contributed by atoms with E-state index in [0.717, 1.165) is 6.54 Å². The van der Waals surface area contributed by atoms with E-state index in [9.17, 15) is 0 Å². The van der Waals surface area contributed by atoms with Crippen LogP contribution in [0.2, 0.25) is 0 Å². The lowest BCUT2D eigenvalue weighted by atomic mass is 9.98. The number of rotatable bonds is 2. The lowest BCUT2D eigenvalue weighted by Crippen LogP contribution is -2.17. The Labute approximate surface area is 96.3 Å². The van der Waals surface area contributed by atoms with E-state index < -0.39 is 0 Å². The van der Waals surface area contributed by atoms with Crippen LogP contribution in [0, 0.1) is 0 Å². The van der Waals surface area contributed by atoms with Crippen molar-refractivity contribution in [1.82, 2.24) is 9.88 Å². The van der Waals surface area contributed by atoms with E-state index in [0.29, 0.717) is 0 Å². The van der Waals surface area contributed by atoms with Crippen molar-refractivity contribution in [3.05, 3.63) is 16.1 Å². The first-order valence-corrected chi connectivity index (χ1v) is 6.55. The second-order valence-corrected chi connectivity index (χ2v) is 6.48. The highest BCUT2D eigenvalue weighted by molar-refractivity contribution is 7.11. The average molecular weight is 224 g/mol. The molecule has 0 unspecified atom stereocenters. The monoisotopic (exact) mass is 224 g/mol. The molecule has 2 heterocycles. The van der Waals surface area contributed by atoms with Crippen molar-refractivity contribution >= 4 is 11.3 Å². The van der Waals surface area contributed by atoms with Crippen LogP contribution in [0.1, 0.15) is 43.5 Å². The van der Waals surface area contributed by atoms with E-state index in [1.165, 1.54) is 35.8 Å². The fourth-order valence-electron chi connectivity index (χ4n) is 1.89. The molecule has 1 aliphatic heterocycles. The number of thiazole rings is 1. The molecule has 0 saturated carbocycles. The lowest BCUT2D eigenvalue weighted by molar-refractivity contribution is 0.334. The van der Waals surface area contributed by atoms with Gasteiger partial charge in [-0.15, -0.1) is 11.3 Å². The molecule has 84 valence electrons. The van der Waals surface area contributed by atoms with Crippen molar-refractivity contribution in [3.8, 4) is 0 Å². The lowest BCUT2D eigenvalue weighted by Gasteiger charge is -2.14. The van der Waals surface area contributed by atoms with Gasteiger partial charge in [-0.1, -0.05) is 20.8 Å². The Bertz CT molecular complexity index is 319. The topological polar surface area (TPSA) is 16.1 Å². The molecule has 1 aromatic heterocycles. The third kappa shape index (κ3) is 2.79. The van der Waals surface area contributed by atoms with Crippen molar-refractivity contribution in [3.63, 3.8) is 0 Å². The minimum Gasteiger partial charge on any atom is -0.298 e. The highest BCUT2D eigenvalue weighted by Gasteiger charge is 2.19. The van der Waals surface area contributed by atoms with Crippen LogP contribution in [0.5, 0.6) is 0 Å². The molecule has 0 aromatic carbocycles. The van der Waals surface area contributed by atoms with Gasteiger partial charge in [-0.25, -0.2) is 4.98 Å². The van der Waals surface area contributed by atoms with Gasteiger partial charge in [0, 0.05) is 23.0 Å². The molecular formula is C12H20N2S. The molecule has 1 fully saturated rings. The normalized spacial score (nSPS) is 18.6. The van der Waals surface area contributed by atoms with E-state index in [4.69, 9.17) is 0 Å². The van der Waals surface area contributed by atoms with Crippen LogP contribution >= 0.6 is 11.3 Å². The summed E-state index contributed by atoms with van der Waals surface area (Å²) in [6.45, 7) is 10.3. The molecule has 0 atom stereocenters. The summed E-state index contributed by atoms with van der Waals surface area (Å²) in [7, 11) is 0. The summed E-state index contributed by atoms with van der Waals surface area (Å²) in [5.41, 5.74) is 0.202. The van der Waals surface area contributed by atoms with Crippen LogP contribution in [-0.2, 0) is 12.0 Å². The Hall–Kier alpha value is -0.410. The number of aromatic nitrogens is 1. The summed E-state index contributed by atoms with van der Waals surface area (Å²) >= 11 is 1.87. The van der Waals surface area contributed by atoms with E-state index in [1.807, 2.05) is 11.3 Å². The maximum atomic E-state index is 4.52. The smallest absolute Gasteiger partial charge is 0.0981 e. The maximum absolute atomic E-state index is 4.52. The molecule has 0 N–H and O–H groups in total. The predicted molar refractivity (Wildman–Crippen MR) is 65.3 cm³/mol. The number of nitrogens with zero attached hydrogens (tertiary/aromatic N) is 2. The van der Waals surface area contributed by atoms with Crippen LogP contribution in [-0.4, -0.2) is 23.0 Å². The summed E-state index contributed by atoms with van der Waals surface area (Å²) in [6.07, 6.45) is 4.79. The summed E-state index contributed by atoms with van der Waals surface area (Å²) < 4.78 is 0. The van der Waals surface area contributed by atoms with Crippen molar-refractivity contribution in [1.29, 1.82) is 0 Å². The largest absolute Gasteiger partial charge is 0.298 e. The van der Waals surface area contributed by atoms with Gasteiger partial charge in [0.1, 0.15) is 0 Å². The maximum Gasteiger partial charge on any atom is 0.0981 e. The standard InChI is InChI=1S/C12H20N2S/c1-12(2,3)11-13-8-10(15-11)9-14-6-4-5-7-14/h8H,4-7,9H2,1-3H3. The quantitative estimate of drug-likeness (QED) is 0.767. The number of hydrogen-bond acceptors (Lipinski definition) is 3. The first-order chi connectivity index (χ1) is 7.05. The Morgan fingerprint density at radius 1 is 1.33 bits per heavy atom. The van der Waals surface area contributed by atoms with Crippen molar-refractivity contribution in [2.45, 2.75) is 45.6 Å². The molecule has 0 radical (unpaired) electrons. The fourth-order valence-corrected chi connectivity index (χ4v) is 2.90. The summed E-state index contributed by atoms with van der Waals surface area (Å²) in [5, 5.41) is 1.26. The molecule has 2 rings (SSSR count). The molecule has 0 aliphatic carbocycles. The van der Waals surface area contributed by atoms with Gasteiger partial charge < -0.3 is 0 Å². The molecule has 1 aromatic rings. The zero-order valence-electron chi connectivity index (χ0n) is 9.92. The molecule has 1 aliphatic rings. The first-order valence-electron chi connectivity index (χ1n) is 5.73. The third-order valence-electron chi connectivity index (χ3n) is 2.77. The summed E-state index contributed by atoms with van der Waals surface area (Å²) in [6, 6.07) is 0. The fraction of sp³-hybridized carbons (Fsp3) is 0.750. The SMILES string of the molecule is CC(C)(C)c1ncc(CN2CCCC2)s1. The number of hydrogen-bond donors (Lipinski definition) is 0. The molecule has 3 heteroatoms. The van der Waals surface area contributed by atoms with Gasteiger partial charge in [-0.05, 0) is 25.9 Å². The molecule has 0 amide bonds. The number of likely N-dealkylation sites (tertiary alicyclic amines) is 1. The Balaban J connectivity index is 2.00. The second-order valence-electron chi connectivity index (χ2n) is 5.36. The highest BCUT2D eigenvalue weighted by atomic mass is 32.1. The summed E-state index contributed by atoms with van der Waals surface area (Å²) in [5.74, 6) is 0. The third-order valence-corrected chi connectivity index (χ3v) is 4.18. The predicted octanol–water partition coefficient (Wildman–Crippen LogP) is 3.04. The minimum atomic E-state index is 0.202. The Morgan fingerprint density at radius 3 is 2.53 bits per heavy atom. The van der Waals surface area contributed by atoms with Crippen LogP contribution in [0.25, 0.3) is 0 Å². The molecule has 0 bridgehead atoms. The van der Waals surface area contributed by atoms with Gasteiger partial charge in [0.2, 0.25) is 0 Å². The highest BCUT2D eigenvalue weighted by Crippen LogP contribution is 2.27. The van der Waals surface area contributed by atoms with Gasteiger partial charge in [0.25, 0.3) is 0 Å². The molecule has 0 spiro atoms.